The van der Waals surface area contributed by atoms with E-state index < -0.39 is 6.17 Å². The van der Waals surface area contributed by atoms with Gasteiger partial charge in [0.1, 0.15) is 24.1 Å². The van der Waals surface area contributed by atoms with Crippen LogP contribution in [0.1, 0.15) is 19.2 Å². The van der Waals surface area contributed by atoms with E-state index in [0.29, 0.717) is 44.4 Å². The van der Waals surface area contributed by atoms with E-state index in [1.54, 1.807) is 24.5 Å². The molecular formula is C17H23FN6O. The number of alkyl halides is 1. The zero-order valence-corrected chi connectivity index (χ0v) is 14.5. The first-order chi connectivity index (χ1) is 12.2. The molecule has 1 aliphatic rings. The molecular weight excluding hydrogens is 323 g/mol. The van der Waals surface area contributed by atoms with Gasteiger partial charge in [0.2, 0.25) is 5.88 Å². The molecule has 0 saturated carbocycles. The second-order valence-electron chi connectivity index (χ2n) is 6.11. The molecule has 0 aliphatic carbocycles. The summed E-state index contributed by atoms with van der Waals surface area (Å²) in [7, 11) is 1.95. The summed E-state index contributed by atoms with van der Waals surface area (Å²) >= 11 is 0. The predicted molar refractivity (Wildman–Crippen MR) is 92.2 cm³/mol. The summed E-state index contributed by atoms with van der Waals surface area (Å²) in [6.07, 6.45) is 4.58. The van der Waals surface area contributed by atoms with Gasteiger partial charge in [0.15, 0.2) is 0 Å². The molecule has 7 nitrogen and oxygen atoms in total. The van der Waals surface area contributed by atoms with Crippen LogP contribution in [0.4, 0.5) is 10.2 Å². The third kappa shape index (κ3) is 4.60. The molecule has 134 valence electrons. The van der Waals surface area contributed by atoms with Gasteiger partial charge >= 0.3 is 0 Å². The summed E-state index contributed by atoms with van der Waals surface area (Å²) in [6, 6.07) is 3.66. The van der Waals surface area contributed by atoms with Gasteiger partial charge in [-0.05, 0) is 19.4 Å². The van der Waals surface area contributed by atoms with Gasteiger partial charge < -0.3 is 9.64 Å². The summed E-state index contributed by atoms with van der Waals surface area (Å²) in [5.74, 6) is 2.02. The minimum absolute atomic E-state index is 0.0781. The Kier molecular flexibility index (Phi) is 5.70. The Morgan fingerprint density at radius 3 is 2.84 bits per heavy atom. The van der Waals surface area contributed by atoms with Gasteiger partial charge in [-0.2, -0.15) is 0 Å². The maximum atomic E-state index is 14.0. The summed E-state index contributed by atoms with van der Waals surface area (Å²) in [4.78, 5) is 21.0. The van der Waals surface area contributed by atoms with Crippen LogP contribution >= 0.6 is 0 Å². The maximum Gasteiger partial charge on any atom is 0.218 e. The van der Waals surface area contributed by atoms with Crippen LogP contribution in [0.25, 0.3) is 0 Å². The average molecular weight is 346 g/mol. The zero-order chi connectivity index (χ0) is 17.6. The molecule has 2 atom stereocenters. The molecule has 1 aliphatic heterocycles. The lowest BCUT2D eigenvalue weighted by atomic mass is 10.2. The number of halogens is 1. The van der Waals surface area contributed by atoms with Crippen LogP contribution in [-0.2, 0) is 6.54 Å². The monoisotopic (exact) mass is 346 g/mol. The van der Waals surface area contributed by atoms with Gasteiger partial charge in [0.05, 0.1) is 13.2 Å². The van der Waals surface area contributed by atoms with Crippen LogP contribution in [0.3, 0.4) is 0 Å². The molecule has 0 aromatic carbocycles. The number of ether oxygens (including phenoxy) is 1. The van der Waals surface area contributed by atoms with Gasteiger partial charge in [-0.3, -0.25) is 4.90 Å². The van der Waals surface area contributed by atoms with Crippen molar-refractivity contribution >= 4 is 5.82 Å². The van der Waals surface area contributed by atoms with Crippen molar-refractivity contribution < 1.29 is 9.13 Å². The first kappa shape index (κ1) is 17.5. The molecule has 8 heteroatoms. The lowest BCUT2D eigenvalue weighted by Gasteiger charge is -2.28. The minimum Gasteiger partial charge on any atom is -0.478 e. The number of hydrogen-bond donors (Lipinski definition) is 0. The number of anilines is 1. The Morgan fingerprint density at radius 2 is 2.08 bits per heavy atom. The van der Waals surface area contributed by atoms with E-state index in [4.69, 9.17) is 4.74 Å². The van der Waals surface area contributed by atoms with E-state index in [-0.39, 0.29) is 6.04 Å². The van der Waals surface area contributed by atoms with Gasteiger partial charge in [0.25, 0.3) is 0 Å². The standard InChI is InChI=1S/C17H23FN6O/c1-3-25-17-8-16(21-12-22-17)23(2)10-14-7-13(18)9-24(14)11-15-19-5-4-6-20-15/h4-6,8,12-14H,3,7,9-11H2,1-2H3/t13-,14-/m0/s1. The number of rotatable bonds is 7. The SMILES string of the molecule is CCOc1cc(N(C)C[C@@H]2C[C@H](F)CN2Cc2ncccn2)ncn1. The predicted octanol–water partition coefficient (Wildman–Crippen LogP) is 1.71. The fourth-order valence-electron chi connectivity index (χ4n) is 3.07. The number of hydrogen-bond acceptors (Lipinski definition) is 7. The van der Waals surface area contributed by atoms with E-state index >= 15 is 0 Å². The lowest BCUT2D eigenvalue weighted by molar-refractivity contribution is 0.231. The molecule has 1 saturated heterocycles. The molecule has 0 bridgehead atoms. The highest BCUT2D eigenvalue weighted by atomic mass is 19.1. The fraction of sp³-hybridized carbons (Fsp3) is 0.529. The highest BCUT2D eigenvalue weighted by Gasteiger charge is 2.33. The Hall–Kier alpha value is -2.35. The Labute approximate surface area is 146 Å². The van der Waals surface area contributed by atoms with Crippen LogP contribution in [0, 0.1) is 0 Å². The van der Waals surface area contributed by atoms with Crippen molar-refractivity contribution in [2.45, 2.75) is 32.1 Å². The second kappa shape index (κ2) is 8.15. The van der Waals surface area contributed by atoms with Crippen LogP contribution < -0.4 is 9.64 Å². The fourth-order valence-corrected chi connectivity index (χ4v) is 3.07. The van der Waals surface area contributed by atoms with Crippen LogP contribution in [0.2, 0.25) is 0 Å². The second-order valence-corrected chi connectivity index (χ2v) is 6.11. The van der Waals surface area contributed by atoms with Gasteiger partial charge in [0, 0.05) is 44.6 Å². The number of nitrogens with zero attached hydrogens (tertiary/aromatic N) is 6. The van der Waals surface area contributed by atoms with Crippen LogP contribution in [0.15, 0.2) is 30.9 Å². The van der Waals surface area contributed by atoms with Crippen molar-refractivity contribution in [3.8, 4) is 5.88 Å². The molecule has 2 aromatic heterocycles. The van der Waals surface area contributed by atoms with E-state index in [2.05, 4.69) is 24.8 Å². The molecule has 3 rings (SSSR count). The number of likely N-dealkylation sites (tertiary alicyclic amines) is 1. The summed E-state index contributed by atoms with van der Waals surface area (Å²) in [5, 5.41) is 0. The van der Waals surface area contributed by atoms with Gasteiger partial charge in [-0.15, -0.1) is 0 Å². The Bertz CT molecular complexity index is 673. The summed E-state index contributed by atoms with van der Waals surface area (Å²) in [6.45, 7) is 4.08. The zero-order valence-electron chi connectivity index (χ0n) is 14.5. The van der Waals surface area contributed by atoms with E-state index in [1.807, 2.05) is 18.9 Å². The molecule has 0 N–H and O–H groups in total. The molecule has 3 heterocycles. The molecule has 0 amide bonds. The van der Waals surface area contributed by atoms with Crippen LogP contribution in [0.5, 0.6) is 5.88 Å². The number of likely N-dealkylation sites (N-methyl/N-ethyl adjacent to an activating group) is 1. The third-order valence-corrected chi connectivity index (χ3v) is 4.24. The van der Waals surface area contributed by atoms with Gasteiger partial charge in [-0.1, -0.05) is 0 Å². The molecule has 25 heavy (non-hydrogen) atoms. The largest absolute Gasteiger partial charge is 0.478 e. The number of aromatic nitrogens is 4. The van der Waals surface area contributed by atoms with Gasteiger partial charge in [-0.25, -0.2) is 24.3 Å². The maximum absolute atomic E-state index is 14.0. The minimum atomic E-state index is -0.827. The smallest absolute Gasteiger partial charge is 0.218 e. The quantitative estimate of drug-likeness (QED) is 0.756. The molecule has 0 unspecified atom stereocenters. The highest BCUT2D eigenvalue weighted by molar-refractivity contribution is 5.40. The first-order valence-electron chi connectivity index (χ1n) is 8.45. The Morgan fingerprint density at radius 1 is 1.28 bits per heavy atom. The van der Waals surface area contributed by atoms with E-state index in [1.165, 1.54) is 6.33 Å². The third-order valence-electron chi connectivity index (χ3n) is 4.24. The van der Waals surface area contributed by atoms with Crippen molar-refractivity contribution in [1.82, 2.24) is 24.8 Å². The summed E-state index contributed by atoms with van der Waals surface area (Å²) in [5.41, 5.74) is 0. The Balaban J connectivity index is 1.66. The van der Waals surface area contributed by atoms with Crippen molar-refractivity contribution in [2.75, 3.05) is 31.6 Å². The topological polar surface area (TPSA) is 67.3 Å². The van der Waals surface area contributed by atoms with Crippen molar-refractivity contribution in [2.24, 2.45) is 0 Å². The van der Waals surface area contributed by atoms with Crippen molar-refractivity contribution in [3.63, 3.8) is 0 Å². The highest BCUT2D eigenvalue weighted by Crippen LogP contribution is 2.24. The average Bonchev–Trinajstić information content (AvgIpc) is 2.95. The molecule has 0 radical (unpaired) electrons. The van der Waals surface area contributed by atoms with Crippen molar-refractivity contribution in [3.05, 3.63) is 36.7 Å². The molecule has 1 fully saturated rings. The van der Waals surface area contributed by atoms with Crippen LogP contribution in [-0.4, -0.2) is 63.8 Å². The van der Waals surface area contributed by atoms with E-state index in [9.17, 15) is 4.39 Å². The summed E-state index contributed by atoms with van der Waals surface area (Å²) < 4.78 is 19.4. The molecule has 0 spiro atoms. The van der Waals surface area contributed by atoms with Crippen molar-refractivity contribution in [1.29, 1.82) is 0 Å². The normalized spacial score (nSPS) is 20.6. The first-order valence-corrected chi connectivity index (χ1v) is 8.45. The molecule has 2 aromatic rings. The van der Waals surface area contributed by atoms with E-state index in [0.717, 1.165) is 5.82 Å². The lowest BCUT2D eigenvalue weighted by Crippen LogP contribution is -2.39.